The van der Waals surface area contributed by atoms with Crippen LogP contribution in [-0.2, 0) is 0 Å². The molecule has 0 unspecified atom stereocenters. The van der Waals surface area contributed by atoms with Crippen LogP contribution in [0, 0.1) is 6.92 Å². The average Bonchev–Trinajstić information content (AvgIpc) is 2.57. The lowest BCUT2D eigenvalue weighted by Crippen LogP contribution is -2.42. The summed E-state index contributed by atoms with van der Waals surface area (Å²) in [7, 11) is 0. The molecule has 0 aliphatic carbocycles. The van der Waals surface area contributed by atoms with Crippen molar-refractivity contribution in [3.63, 3.8) is 0 Å². The monoisotopic (exact) mass is 256 g/mol. The predicted molar refractivity (Wildman–Crippen MR) is 71.6 cm³/mol. The van der Waals surface area contributed by atoms with Crippen LogP contribution in [0.15, 0.2) is 5.38 Å². The number of hydrogen-bond acceptors (Lipinski definition) is 4. The zero-order valence-corrected chi connectivity index (χ0v) is 11.6. The second-order valence-electron chi connectivity index (χ2n) is 4.85. The number of hydrogen-bond donors (Lipinski definition) is 3. The standard InChI is InChI=1S/C11H20N4OS/c1-8-7-17-10(14-8)15-9(16)12-5-6-13-11(2,3)4/h7,13H,5-6H2,1-4H3,(H2,12,14,15,16). The van der Waals surface area contributed by atoms with Gasteiger partial charge in [-0.05, 0) is 27.7 Å². The number of carbonyl (C=O) groups is 1. The second kappa shape index (κ2) is 5.97. The molecule has 1 aromatic heterocycles. The van der Waals surface area contributed by atoms with Crippen LogP contribution in [0.1, 0.15) is 26.5 Å². The molecule has 5 nitrogen and oxygen atoms in total. The summed E-state index contributed by atoms with van der Waals surface area (Å²) in [5.74, 6) is 0. The maximum Gasteiger partial charge on any atom is 0.321 e. The van der Waals surface area contributed by atoms with Crippen LogP contribution in [0.5, 0.6) is 0 Å². The van der Waals surface area contributed by atoms with Crippen molar-refractivity contribution in [2.24, 2.45) is 0 Å². The van der Waals surface area contributed by atoms with Gasteiger partial charge in [0, 0.05) is 24.0 Å². The van der Waals surface area contributed by atoms with Crippen LogP contribution >= 0.6 is 11.3 Å². The van der Waals surface area contributed by atoms with Gasteiger partial charge in [-0.15, -0.1) is 11.3 Å². The summed E-state index contributed by atoms with van der Waals surface area (Å²) in [5.41, 5.74) is 0.990. The summed E-state index contributed by atoms with van der Waals surface area (Å²) >= 11 is 1.42. The van der Waals surface area contributed by atoms with Crippen LogP contribution in [0.3, 0.4) is 0 Å². The number of thiazole rings is 1. The third kappa shape index (κ3) is 6.23. The molecule has 2 amide bonds. The summed E-state index contributed by atoms with van der Waals surface area (Å²) in [6.07, 6.45) is 0. The van der Waals surface area contributed by atoms with E-state index in [1.165, 1.54) is 11.3 Å². The number of carbonyl (C=O) groups excluding carboxylic acids is 1. The van der Waals surface area contributed by atoms with Crippen molar-refractivity contribution >= 4 is 22.5 Å². The van der Waals surface area contributed by atoms with Crippen molar-refractivity contribution in [2.75, 3.05) is 18.4 Å². The number of aromatic nitrogens is 1. The molecule has 0 aromatic carbocycles. The zero-order chi connectivity index (χ0) is 12.9. The quantitative estimate of drug-likeness (QED) is 0.721. The molecular weight excluding hydrogens is 236 g/mol. The normalized spacial score (nSPS) is 11.3. The lowest BCUT2D eigenvalue weighted by atomic mass is 10.1. The Labute approximate surface area is 106 Å². The van der Waals surface area contributed by atoms with Gasteiger partial charge in [0.25, 0.3) is 0 Å². The summed E-state index contributed by atoms with van der Waals surface area (Å²) < 4.78 is 0. The second-order valence-corrected chi connectivity index (χ2v) is 5.71. The Morgan fingerprint density at radius 1 is 1.41 bits per heavy atom. The number of amides is 2. The number of urea groups is 1. The zero-order valence-electron chi connectivity index (χ0n) is 10.8. The highest BCUT2D eigenvalue weighted by atomic mass is 32.1. The van der Waals surface area contributed by atoms with Crippen molar-refractivity contribution in [1.29, 1.82) is 0 Å². The van der Waals surface area contributed by atoms with E-state index in [0.29, 0.717) is 11.7 Å². The molecule has 0 saturated heterocycles. The predicted octanol–water partition coefficient (Wildman–Crippen LogP) is 1.96. The molecule has 1 aromatic rings. The van der Waals surface area contributed by atoms with E-state index < -0.39 is 0 Å². The van der Waals surface area contributed by atoms with Crippen LogP contribution in [0.25, 0.3) is 0 Å². The fraction of sp³-hybridized carbons (Fsp3) is 0.636. The highest BCUT2D eigenvalue weighted by Crippen LogP contribution is 2.13. The Bertz CT molecular complexity index is 370. The number of rotatable bonds is 4. The van der Waals surface area contributed by atoms with Crippen molar-refractivity contribution in [3.8, 4) is 0 Å². The Balaban J connectivity index is 2.18. The Morgan fingerprint density at radius 2 is 2.12 bits per heavy atom. The van der Waals surface area contributed by atoms with E-state index in [2.05, 4.69) is 41.7 Å². The molecule has 3 N–H and O–H groups in total. The van der Waals surface area contributed by atoms with Gasteiger partial charge in [0.05, 0.1) is 5.69 Å². The smallest absolute Gasteiger partial charge is 0.321 e. The summed E-state index contributed by atoms with van der Waals surface area (Å²) in [6, 6.07) is -0.213. The van der Waals surface area contributed by atoms with Crippen LogP contribution < -0.4 is 16.0 Å². The Morgan fingerprint density at radius 3 is 2.65 bits per heavy atom. The van der Waals surface area contributed by atoms with E-state index >= 15 is 0 Å². The summed E-state index contributed by atoms with van der Waals surface area (Å²) in [6.45, 7) is 9.50. The van der Waals surface area contributed by atoms with Gasteiger partial charge in [-0.1, -0.05) is 0 Å². The lowest BCUT2D eigenvalue weighted by Gasteiger charge is -2.20. The lowest BCUT2D eigenvalue weighted by molar-refractivity contribution is 0.251. The Kier molecular flexibility index (Phi) is 4.89. The maximum atomic E-state index is 11.5. The molecule has 0 aliphatic rings. The molecule has 96 valence electrons. The number of anilines is 1. The topological polar surface area (TPSA) is 66.1 Å². The van der Waals surface area contributed by atoms with Crippen LogP contribution in [-0.4, -0.2) is 29.6 Å². The van der Waals surface area contributed by atoms with Gasteiger partial charge in [0.1, 0.15) is 0 Å². The highest BCUT2D eigenvalue weighted by molar-refractivity contribution is 7.13. The van der Waals surface area contributed by atoms with E-state index in [1.54, 1.807) is 0 Å². The first-order valence-corrected chi connectivity index (χ1v) is 6.47. The Hall–Kier alpha value is -1.14. The van der Waals surface area contributed by atoms with Gasteiger partial charge in [-0.3, -0.25) is 5.32 Å². The molecule has 0 atom stereocenters. The molecule has 0 fully saturated rings. The molecule has 17 heavy (non-hydrogen) atoms. The highest BCUT2D eigenvalue weighted by Gasteiger charge is 2.08. The van der Waals surface area contributed by atoms with Gasteiger partial charge in [0.15, 0.2) is 5.13 Å². The van der Waals surface area contributed by atoms with Gasteiger partial charge in [-0.2, -0.15) is 0 Å². The van der Waals surface area contributed by atoms with Crippen molar-refractivity contribution < 1.29 is 4.79 Å². The maximum absolute atomic E-state index is 11.5. The first-order chi connectivity index (χ1) is 7.87. The third-order valence-corrected chi connectivity index (χ3v) is 2.78. The number of aryl methyl sites for hydroxylation is 1. The van der Waals surface area contributed by atoms with Crippen LogP contribution in [0.4, 0.5) is 9.93 Å². The molecule has 6 heteroatoms. The van der Waals surface area contributed by atoms with E-state index in [0.717, 1.165) is 12.2 Å². The number of nitrogens with one attached hydrogen (secondary N) is 3. The minimum Gasteiger partial charge on any atom is -0.337 e. The minimum atomic E-state index is -0.213. The van der Waals surface area contributed by atoms with Crippen molar-refractivity contribution in [1.82, 2.24) is 15.6 Å². The SMILES string of the molecule is Cc1csc(NC(=O)NCCNC(C)(C)C)n1. The average molecular weight is 256 g/mol. The van der Waals surface area contributed by atoms with E-state index in [1.807, 2.05) is 12.3 Å². The number of nitrogens with zero attached hydrogens (tertiary/aromatic N) is 1. The van der Waals surface area contributed by atoms with Crippen molar-refractivity contribution in [2.45, 2.75) is 33.2 Å². The largest absolute Gasteiger partial charge is 0.337 e. The third-order valence-electron chi connectivity index (χ3n) is 1.91. The van der Waals surface area contributed by atoms with Gasteiger partial charge in [0.2, 0.25) is 0 Å². The van der Waals surface area contributed by atoms with Gasteiger partial charge < -0.3 is 10.6 Å². The van der Waals surface area contributed by atoms with Gasteiger partial charge >= 0.3 is 6.03 Å². The molecule has 1 rings (SSSR count). The van der Waals surface area contributed by atoms with Gasteiger partial charge in [-0.25, -0.2) is 9.78 Å². The fourth-order valence-electron chi connectivity index (χ4n) is 1.17. The van der Waals surface area contributed by atoms with E-state index in [-0.39, 0.29) is 11.6 Å². The first-order valence-electron chi connectivity index (χ1n) is 5.59. The molecule has 0 saturated carbocycles. The first kappa shape index (κ1) is 13.9. The van der Waals surface area contributed by atoms with E-state index in [4.69, 9.17) is 0 Å². The molecule has 1 heterocycles. The molecular formula is C11H20N4OS. The fourth-order valence-corrected chi connectivity index (χ4v) is 1.85. The summed E-state index contributed by atoms with van der Waals surface area (Å²) in [5, 5.41) is 11.3. The summed E-state index contributed by atoms with van der Waals surface area (Å²) in [4.78, 5) is 15.6. The van der Waals surface area contributed by atoms with Crippen molar-refractivity contribution in [3.05, 3.63) is 11.1 Å². The minimum absolute atomic E-state index is 0.0740. The van der Waals surface area contributed by atoms with Crippen LogP contribution in [0.2, 0.25) is 0 Å². The molecule has 0 aliphatic heterocycles. The molecule has 0 spiro atoms. The molecule has 0 radical (unpaired) electrons. The molecule has 0 bridgehead atoms. The van der Waals surface area contributed by atoms with E-state index in [9.17, 15) is 4.79 Å².